The molecule has 1 saturated heterocycles. The van der Waals surface area contributed by atoms with Gasteiger partial charge >= 0.3 is 12.1 Å². The molecule has 4 heterocycles. The molecule has 0 atom stereocenters. The van der Waals surface area contributed by atoms with E-state index in [1.165, 1.54) is 0 Å². The van der Waals surface area contributed by atoms with Crippen LogP contribution in [0.3, 0.4) is 0 Å². The van der Waals surface area contributed by atoms with Crippen molar-refractivity contribution < 1.29 is 19.1 Å². The van der Waals surface area contributed by atoms with Crippen LogP contribution < -0.4 is 10.2 Å². The van der Waals surface area contributed by atoms with Gasteiger partial charge in [0, 0.05) is 61.2 Å². The average molecular weight is 567 g/mol. The van der Waals surface area contributed by atoms with E-state index in [-0.39, 0.29) is 18.7 Å². The number of aryl methyl sites for hydroxylation is 2. The fraction of sp³-hybridized carbons (Fsp3) is 0.312. The Morgan fingerprint density at radius 2 is 1.79 bits per heavy atom. The Labute approximate surface area is 244 Å². The number of rotatable bonds is 7. The molecule has 0 spiro atoms. The van der Waals surface area contributed by atoms with E-state index in [0.29, 0.717) is 31.2 Å². The van der Waals surface area contributed by atoms with E-state index in [1.54, 1.807) is 11.0 Å². The number of benzene rings is 2. The van der Waals surface area contributed by atoms with Crippen LogP contribution in [0.1, 0.15) is 39.7 Å². The Morgan fingerprint density at radius 3 is 2.55 bits per heavy atom. The van der Waals surface area contributed by atoms with Crippen LogP contribution in [-0.4, -0.2) is 64.3 Å². The van der Waals surface area contributed by atoms with E-state index in [4.69, 9.17) is 14.5 Å². The molecule has 0 unspecified atom stereocenters. The SMILES string of the molecule is CCOC(=O)c1ccn2c1CCc1cnc(Nc3ccc(N4CCN(C(=O)OCc5ccccc5)CC4)cc3C)nc1-2. The Hall–Kier alpha value is -4.86. The quantitative estimate of drug-likeness (QED) is 0.310. The van der Waals surface area contributed by atoms with Gasteiger partial charge in [0.25, 0.3) is 0 Å². The summed E-state index contributed by atoms with van der Waals surface area (Å²) in [4.78, 5) is 38.3. The minimum absolute atomic E-state index is 0.275. The molecule has 42 heavy (non-hydrogen) atoms. The standard InChI is InChI=1S/C32H34N6O4/c1-3-41-30(39)26-13-14-38-28(26)12-9-24-20-33-31(35-29(24)38)34-27-11-10-25(19-22(27)2)36-15-17-37(18-16-36)32(40)42-21-23-7-5-4-6-8-23/h4-8,10-11,13-14,19-20H,3,9,12,15-18,21H2,1-2H3,(H,33,34,35). The van der Waals surface area contributed by atoms with E-state index in [0.717, 1.165) is 65.5 Å². The number of nitrogens with zero attached hydrogens (tertiary/aromatic N) is 5. The van der Waals surface area contributed by atoms with Gasteiger partial charge in [-0.15, -0.1) is 0 Å². The molecule has 4 aromatic rings. The summed E-state index contributed by atoms with van der Waals surface area (Å²) in [6.45, 7) is 7.15. The maximum atomic E-state index is 12.5. The van der Waals surface area contributed by atoms with Crippen molar-refractivity contribution in [2.45, 2.75) is 33.3 Å². The molecule has 1 amide bonds. The maximum absolute atomic E-state index is 12.5. The molecule has 216 valence electrons. The average Bonchev–Trinajstić information content (AvgIpc) is 3.47. The summed E-state index contributed by atoms with van der Waals surface area (Å²) in [5.74, 6) is 0.965. The minimum Gasteiger partial charge on any atom is -0.462 e. The van der Waals surface area contributed by atoms with Gasteiger partial charge in [-0.1, -0.05) is 30.3 Å². The predicted octanol–water partition coefficient (Wildman–Crippen LogP) is 5.05. The Bertz CT molecular complexity index is 1590. The van der Waals surface area contributed by atoms with Crippen LogP contribution in [0.5, 0.6) is 0 Å². The van der Waals surface area contributed by atoms with Crippen LogP contribution in [0.15, 0.2) is 67.0 Å². The zero-order valence-electron chi connectivity index (χ0n) is 23.9. The summed E-state index contributed by atoms with van der Waals surface area (Å²) in [6, 6.07) is 17.8. The highest BCUT2D eigenvalue weighted by molar-refractivity contribution is 5.91. The molecule has 0 radical (unpaired) electrons. The van der Waals surface area contributed by atoms with Crippen molar-refractivity contribution in [3.63, 3.8) is 0 Å². The van der Waals surface area contributed by atoms with E-state index in [2.05, 4.69) is 34.3 Å². The number of ether oxygens (including phenoxy) is 2. The number of hydrogen-bond donors (Lipinski definition) is 1. The van der Waals surface area contributed by atoms with E-state index < -0.39 is 0 Å². The lowest BCUT2D eigenvalue weighted by Gasteiger charge is -2.35. The van der Waals surface area contributed by atoms with E-state index in [9.17, 15) is 9.59 Å². The molecule has 2 aliphatic rings. The monoisotopic (exact) mass is 566 g/mol. The fourth-order valence-corrected chi connectivity index (χ4v) is 5.47. The molecule has 0 bridgehead atoms. The summed E-state index contributed by atoms with van der Waals surface area (Å²) in [7, 11) is 0. The molecular formula is C32H34N6O4. The molecular weight excluding hydrogens is 532 g/mol. The smallest absolute Gasteiger partial charge is 0.410 e. The van der Waals surface area contributed by atoms with Crippen molar-refractivity contribution in [1.29, 1.82) is 0 Å². The van der Waals surface area contributed by atoms with Gasteiger partial charge in [0.2, 0.25) is 5.95 Å². The van der Waals surface area contributed by atoms with Gasteiger partial charge in [-0.2, -0.15) is 4.98 Å². The summed E-state index contributed by atoms with van der Waals surface area (Å²) in [5, 5.41) is 3.37. The highest BCUT2D eigenvalue weighted by Gasteiger charge is 2.25. The number of hydrogen-bond acceptors (Lipinski definition) is 8. The number of fused-ring (bicyclic) bond motifs is 3. The van der Waals surface area contributed by atoms with Gasteiger partial charge in [0.15, 0.2) is 0 Å². The van der Waals surface area contributed by atoms with Gasteiger partial charge in [-0.25, -0.2) is 14.6 Å². The van der Waals surface area contributed by atoms with Gasteiger partial charge in [-0.3, -0.25) is 0 Å². The van der Waals surface area contributed by atoms with Gasteiger partial charge in [-0.05, 0) is 62.1 Å². The first-order chi connectivity index (χ1) is 20.5. The molecule has 2 aliphatic heterocycles. The normalized spacial score (nSPS) is 14.1. The summed E-state index contributed by atoms with van der Waals surface area (Å²) >= 11 is 0. The van der Waals surface area contributed by atoms with Crippen molar-refractivity contribution in [3.8, 4) is 5.82 Å². The van der Waals surface area contributed by atoms with Crippen LogP contribution in [0.25, 0.3) is 5.82 Å². The number of carbonyl (C=O) groups is 2. The molecule has 1 fully saturated rings. The van der Waals surface area contributed by atoms with E-state index in [1.807, 2.05) is 60.3 Å². The van der Waals surface area contributed by atoms with E-state index >= 15 is 0 Å². The number of amides is 1. The fourth-order valence-electron chi connectivity index (χ4n) is 5.47. The summed E-state index contributed by atoms with van der Waals surface area (Å²) < 4.78 is 12.7. The third-order valence-corrected chi connectivity index (χ3v) is 7.75. The zero-order valence-corrected chi connectivity index (χ0v) is 23.9. The maximum Gasteiger partial charge on any atom is 0.410 e. The van der Waals surface area contributed by atoms with Crippen LogP contribution in [-0.2, 0) is 28.9 Å². The number of aromatic nitrogens is 3. The molecule has 2 aromatic carbocycles. The lowest BCUT2D eigenvalue weighted by molar-refractivity contribution is 0.0525. The van der Waals surface area contributed by atoms with Crippen LogP contribution in [0.2, 0.25) is 0 Å². The van der Waals surface area contributed by atoms with Crippen LogP contribution >= 0.6 is 0 Å². The summed E-state index contributed by atoms with van der Waals surface area (Å²) in [6.07, 6.45) is 4.94. The van der Waals surface area contributed by atoms with Crippen molar-refractivity contribution >= 4 is 29.4 Å². The lowest BCUT2D eigenvalue weighted by Crippen LogP contribution is -2.48. The van der Waals surface area contributed by atoms with Gasteiger partial charge in [0.05, 0.1) is 12.2 Å². The Kier molecular flexibility index (Phi) is 7.76. The van der Waals surface area contributed by atoms with Crippen LogP contribution in [0.4, 0.5) is 22.1 Å². The van der Waals surface area contributed by atoms with Crippen molar-refractivity contribution in [1.82, 2.24) is 19.4 Å². The first-order valence-electron chi connectivity index (χ1n) is 14.3. The Balaban J connectivity index is 1.09. The molecule has 0 aliphatic carbocycles. The molecule has 10 heteroatoms. The molecule has 2 aromatic heterocycles. The third kappa shape index (κ3) is 5.65. The van der Waals surface area contributed by atoms with Crippen molar-refractivity contribution in [2.75, 3.05) is 43.0 Å². The molecule has 0 saturated carbocycles. The van der Waals surface area contributed by atoms with Gasteiger partial charge < -0.3 is 29.2 Å². The minimum atomic E-state index is -0.303. The van der Waals surface area contributed by atoms with Gasteiger partial charge in [0.1, 0.15) is 12.4 Å². The first kappa shape index (κ1) is 27.3. The second kappa shape index (κ2) is 11.9. The van der Waals surface area contributed by atoms with Crippen molar-refractivity contribution in [3.05, 3.63) is 94.9 Å². The first-order valence-corrected chi connectivity index (χ1v) is 14.3. The highest BCUT2D eigenvalue weighted by atomic mass is 16.6. The molecule has 6 rings (SSSR count). The lowest BCUT2D eigenvalue weighted by atomic mass is 10.0. The molecule has 10 nitrogen and oxygen atoms in total. The Morgan fingerprint density at radius 1 is 0.976 bits per heavy atom. The molecule has 1 N–H and O–H groups in total. The topological polar surface area (TPSA) is 102 Å². The zero-order chi connectivity index (χ0) is 29.1. The second-order valence-electron chi connectivity index (χ2n) is 10.4. The number of carbonyl (C=O) groups excluding carboxylic acids is 2. The number of nitrogens with one attached hydrogen (secondary N) is 1. The third-order valence-electron chi connectivity index (χ3n) is 7.75. The number of piperazine rings is 1. The second-order valence-corrected chi connectivity index (χ2v) is 10.4. The largest absolute Gasteiger partial charge is 0.462 e. The number of esters is 1. The summed E-state index contributed by atoms with van der Waals surface area (Å²) in [5.41, 5.74) is 6.59. The number of anilines is 3. The van der Waals surface area contributed by atoms with Crippen molar-refractivity contribution in [2.24, 2.45) is 0 Å². The highest BCUT2D eigenvalue weighted by Crippen LogP contribution is 2.29. The predicted molar refractivity (Wildman–Crippen MR) is 160 cm³/mol. The van der Waals surface area contributed by atoms with Crippen LogP contribution in [0, 0.1) is 6.92 Å².